The topological polar surface area (TPSA) is 46.3 Å². The van der Waals surface area contributed by atoms with E-state index in [1.807, 2.05) is 4.90 Å². The first-order valence-electron chi connectivity index (χ1n) is 6.36. The van der Waals surface area contributed by atoms with Crippen LogP contribution < -0.4 is 5.73 Å². The molecule has 0 radical (unpaired) electrons. The third-order valence-electron chi connectivity index (χ3n) is 3.62. The molecule has 0 aromatic rings. The van der Waals surface area contributed by atoms with E-state index >= 15 is 0 Å². The number of rotatable bonds is 1. The van der Waals surface area contributed by atoms with Gasteiger partial charge in [-0.2, -0.15) is 0 Å². The van der Waals surface area contributed by atoms with E-state index in [4.69, 9.17) is 5.73 Å². The fourth-order valence-electron chi connectivity index (χ4n) is 2.86. The summed E-state index contributed by atoms with van der Waals surface area (Å²) in [4.78, 5) is 14.3. The molecule has 1 saturated heterocycles. The SMILES string of the molecule is CC1CC(N)CN(C(=O)C2CC=CCC2)C1. The number of carbonyl (C=O) groups excluding carboxylic acids is 1. The molecule has 3 unspecified atom stereocenters. The van der Waals surface area contributed by atoms with Crippen LogP contribution in [0.5, 0.6) is 0 Å². The Morgan fingerprint density at radius 2 is 2.19 bits per heavy atom. The number of allylic oxidation sites excluding steroid dienone is 2. The van der Waals surface area contributed by atoms with Gasteiger partial charge >= 0.3 is 0 Å². The first-order chi connectivity index (χ1) is 7.66. The van der Waals surface area contributed by atoms with Gasteiger partial charge < -0.3 is 10.6 Å². The van der Waals surface area contributed by atoms with E-state index in [-0.39, 0.29) is 12.0 Å². The molecule has 1 fully saturated rings. The maximum Gasteiger partial charge on any atom is 0.226 e. The number of hydrogen-bond acceptors (Lipinski definition) is 2. The molecule has 1 aliphatic heterocycles. The Bertz CT molecular complexity index is 278. The smallest absolute Gasteiger partial charge is 0.226 e. The minimum absolute atomic E-state index is 0.173. The van der Waals surface area contributed by atoms with E-state index in [1.165, 1.54) is 0 Å². The average molecular weight is 222 g/mol. The predicted molar refractivity (Wildman–Crippen MR) is 64.8 cm³/mol. The molecule has 2 N–H and O–H groups in total. The van der Waals surface area contributed by atoms with Crippen LogP contribution in [0, 0.1) is 11.8 Å². The van der Waals surface area contributed by atoms with Crippen LogP contribution in [0.15, 0.2) is 12.2 Å². The van der Waals surface area contributed by atoms with Gasteiger partial charge in [0.1, 0.15) is 0 Å². The summed E-state index contributed by atoms with van der Waals surface area (Å²) in [5, 5.41) is 0. The third-order valence-corrected chi connectivity index (χ3v) is 3.62. The molecule has 1 heterocycles. The molecule has 0 aromatic heterocycles. The third kappa shape index (κ3) is 2.64. The van der Waals surface area contributed by atoms with Crippen molar-refractivity contribution >= 4 is 5.91 Å². The fourth-order valence-corrected chi connectivity index (χ4v) is 2.86. The lowest BCUT2D eigenvalue weighted by Gasteiger charge is -2.37. The minimum atomic E-state index is 0.173. The Hall–Kier alpha value is -0.830. The second kappa shape index (κ2) is 5.00. The zero-order chi connectivity index (χ0) is 11.5. The maximum atomic E-state index is 12.3. The summed E-state index contributed by atoms with van der Waals surface area (Å²) in [5.41, 5.74) is 5.98. The van der Waals surface area contributed by atoms with Crippen molar-refractivity contribution in [3.63, 3.8) is 0 Å². The van der Waals surface area contributed by atoms with Crippen molar-refractivity contribution < 1.29 is 4.79 Å². The van der Waals surface area contributed by atoms with E-state index in [2.05, 4.69) is 19.1 Å². The van der Waals surface area contributed by atoms with Crippen molar-refractivity contribution in [2.75, 3.05) is 13.1 Å². The molecule has 0 aromatic carbocycles. The van der Waals surface area contributed by atoms with Crippen LogP contribution in [0.25, 0.3) is 0 Å². The number of likely N-dealkylation sites (tertiary alicyclic amines) is 1. The van der Waals surface area contributed by atoms with E-state index < -0.39 is 0 Å². The van der Waals surface area contributed by atoms with E-state index in [9.17, 15) is 4.79 Å². The van der Waals surface area contributed by atoms with Gasteiger partial charge in [-0.15, -0.1) is 0 Å². The number of piperidine rings is 1. The zero-order valence-corrected chi connectivity index (χ0v) is 10.1. The highest BCUT2D eigenvalue weighted by atomic mass is 16.2. The molecule has 0 bridgehead atoms. The summed E-state index contributed by atoms with van der Waals surface area (Å²) in [6, 6.07) is 0.173. The van der Waals surface area contributed by atoms with E-state index in [1.54, 1.807) is 0 Å². The van der Waals surface area contributed by atoms with Gasteiger partial charge in [-0.25, -0.2) is 0 Å². The second-order valence-electron chi connectivity index (χ2n) is 5.33. The molecule has 2 aliphatic rings. The van der Waals surface area contributed by atoms with E-state index in [0.717, 1.165) is 38.8 Å². The van der Waals surface area contributed by atoms with Crippen molar-refractivity contribution in [1.82, 2.24) is 4.90 Å². The molecule has 2 rings (SSSR count). The number of hydrogen-bond donors (Lipinski definition) is 1. The first kappa shape index (κ1) is 11.6. The highest BCUT2D eigenvalue weighted by molar-refractivity contribution is 5.79. The lowest BCUT2D eigenvalue weighted by molar-refractivity contribution is -0.137. The van der Waals surface area contributed by atoms with Gasteiger partial charge in [-0.3, -0.25) is 4.79 Å². The molecule has 90 valence electrons. The largest absolute Gasteiger partial charge is 0.341 e. The average Bonchev–Trinajstić information content (AvgIpc) is 2.28. The van der Waals surface area contributed by atoms with Crippen LogP contribution in [0.2, 0.25) is 0 Å². The molecular weight excluding hydrogens is 200 g/mol. The Morgan fingerprint density at radius 3 is 2.81 bits per heavy atom. The monoisotopic (exact) mass is 222 g/mol. The van der Waals surface area contributed by atoms with Crippen molar-refractivity contribution in [3.05, 3.63) is 12.2 Å². The van der Waals surface area contributed by atoms with Gasteiger partial charge in [-0.05, 0) is 31.6 Å². The first-order valence-corrected chi connectivity index (χ1v) is 6.36. The van der Waals surface area contributed by atoms with Crippen LogP contribution >= 0.6 is 0 Å². The van der Waals surface area contributed by atoms with Gasteiger partial charge in [-0.1, -0.05) is 19.1 Å². The lowest BCUT2D eigenvalue weighted by atomic mass is 9.90. The molecule has 0 spiro atoms. The van der Waals surface area contributed by atoms with Crippen LogP contribution in [-0.4, -0.2) is 29.9 Å². The molecular formula is C13H22N2O. The second-order valence-corrected chi connectivity index (χ2v) is 5.33. The van der Waals surface area contributed by atoms with Gasteiger partial charge in [0.05, 0.1) is 0 Å². The Morgan fingerprint density at radius 1 is 1.38 bits per heavy atom. The van der Waals surface area contributed by atoms with Crippen LogP contribution in [0.4, 0.5) is 0 Å². The van der Waals surface area contributed by atoms with Gasteiger partial charge in [0.25, 0.3) is 0 Å². The van der Waals surface area contributed by atoms with Crippen LogP contribution in [0.3, 0.4) is 0 Å². The summed E-state index contributed by atoms with van der Waals surface area (Å²) in [6.07, 6.45) is 8.34. The van der Waals surface area contributed by atoms with Crippen LogP contribution in [-0.2, 0) is 4.79 Å². The normalized spacial score (nSPS) is 35.1. The number of amides is 1. The zero-order valence-electron chi connectivity index (χ0n) is 10.1. The highest BCUT2D eigenvalue weighted by Gasteiger charge is 2.30. The van der Waals surface area contributed by atoms with Crippen molar-refractivity contribution in [2.45, 2.75) is 38.6 Å². The molecule has 1 amide bonds. The summed E-state index contributed by atoms with van der Waals surface area (Å²) in [5.74, 6) is 1.08. The van der Waals surface area contributed by atoms with Gasteiger partial charge in [0.15, 0.2) is 0 Å². The van der Waals surface area contributed by atoms with Gasteiger partial charge in [0.2, 0.25) is 5.91 Å². The summed E-state index contributed by atoms with van der Waals surface area (Å²) < 4.78 is 0. The predicted octanol–water partition coefficient (Wildman–Crippen LogP) is 1.54. The van der Waals surface area contributed by atoms with Crippen LogP contribution in [0.1, 0.15) is 32.6 Å². The standard InChI is InChI=1S/C13H22N2O/c1-10-7-12(14)9-15(8-10)13(16)11-5-3-2-4-6-11/h2-3,10-12H,4-9,14H2,1H3. The fraction of sp³-hybridized carbons (Fsp3) is 0.769. The van der Waals surface area contributed by atoms with Crippen molar-refractivity contribution in [1.29, 1.82) is 0 Å². The molecule has 3 nitrogen and oxygen atoms in total. The number of nitrogens with zero attached hydrogens (tertiary/aromatic N) is 1. The number of nitrogens with two attached hydrogens (primary N) is 1. The molecule has 1 aliphatic carbocycles. The summed E-state index contributed by atoms with van der Waals surface area (Å²) in [6.45, 7) is 3.83. The Kier molecular flexibility index (Phi) is 3.64. The van der Waals surface area contributed by atoms with Crippen molar-refractivity contribution in [3.8, 4) is 0 Å². The number of carbonyl (C=O) groups is 1. The molecule has 16 heavy (non-hydrogen) atoms. The summed E-state index contributed by atoms with van der Waals surface area (Å²) >= 11 is 0. The molecule has 3 atom stereocenters. The molecule has 3 heteroatoms. The highest BCUT2D eigenvalue weighted by Crippen LogP contribution is 2.23. The van der Waals surface area contributed by atoms with E-state index in [0.29, 0.717) is 11.8 Å². The molecule has 0 saturated carbocycles. The quantitative estimate of drug-likeness (QED) is 0.684. The lowest BCUT2D eigenvalue weighted by Crippen LogP contribution is -2.50. The minimum Gasteiger partial charge on any atom is -0.341 e. The summed E-state index contributed by atoms with van der Waals surface area (Å²) in [7, 11) is 0. The Labute approximate surface area is 97.7 Å². The van der Waals surface area contributed by atoms with Crippen molar-refractivity contribution in [2.24, 2.45) is 17.6 Å². The maximum absolute atomic E-state index is 12.3. The van der Waals surface area contributed by atoms with Gasteiger partial charge in [0, 0.05) is 25.0 Å². The Balaban J connectivity index is 1.95.